The molecule has 24 heavy (non-hydrogen) atoms. The summed E-state index contributed by atoms with van der Waals surface area (Å²) in [6.07, 6.45) is 2.28. The molecule has 1 unspecified atom stereocenters. The van der Waals surface area contributed by atoms with Gasteiger partial charge >= 0.3 is 5.97 Å². The molecule has 0 bridgehead atoms. The zero-order valence-corrected chi connectivity index (χ0v) is 13.4. The van der Waals surface area contributed by atoms with Crippen molar-refractivity contribution >= 4 is 5.97 Å². The van der Waals surface area contributed by atoms with Gasteiger partial charge in [0, 0.05) is 23.7 Å². The van der Waals surface area contributed by atoms with E-state index < -0.39 is 12.0 Å². The van der Waals surface area contributed by atoms with Crippen LogP contribution < -0.4 is 5.73 Å². The molecule has 0 fully saturated rings. The van der Waals surface area contributed by atoms with Crippen molar-refractivity contribution in [1.82, 2.24) is 9.78 Å². The number of carbonyl (C=O) groups is 1. The van der Waals surface area contributed by atoms with Crippen LogP contribution in [0.25, 0.3) is 16.9 Å². The summed E-state index contributed by atoms with van der Waals surface area (Å²) in [4.78, 5) is 11.7. The molecule has 0 saturated heterocycles. The minimum atomic E-state index is -0.717. The van der Waals surface area contributed by atoms with Gasteiger partial charge < -0.3 is 10.5 Å². The molecule has 3 rings (SSSR count). The Morgan fingerprint density at radius 1 is 1.12 bits per heavy atom. The molecule has 1 atom stereocenters. The van der Waals surface area contributed by atoms with E-state index in [1.165, 1.54) is 7.11 Å². The number of benzene rings is 2. The highest BCUT2D eigenvalue weighted by molar-refractivity contribution is 5.76. The maximum Gasteiger partial charge on any atom is 0.322 e. The van der Waals surface area contributed by atoms with Crippen molar-refractivity contribution in [2.45, 2.75) is 12.5 Å². The van der Waals surface area contributed by atoms with Gasteiger partial charge in [-0.15, -0.1) is 0 Å². The number of methoxy groups -OCH3 is 1. The molecule has 0 aliphatic rings. The van der Waals surface area contributed by atoms with E-state index in [1.54, 1.807) is 0 Å². The summed E-state index contributed by atoms with van der Waals surface area (Å²) in [7, 11) is 1.34. The first-order valence-electron chi connectivity index (χ1n) is 7.72. The maximum absolute atomic E-state index is 11.7. The van der Waals surface area contributed by atoms with Gasteiger partial charge in [0.1, 0.15) is 6.04 Å². The van der Waals surface area contributed by atoms with Crippen LogP contribution in [0, 0.1) is 0 Å². The van der Waals surface area contributed by atoms with Crippen LogP contribution in [0.4, 0.5) is 0 Å². The number of esters is 1. The summed E-state index contributed by atoms with van der Waals surface area (Å²) in [5.41, 5.74) is 9.60. The SMILES string of the molecule is COC(=O)C(N)Cc1cn(-c2ccccc2)nc1-c1ccccc1. The van der Waals surface area contributed by atoms with Crippen LogP contribution in [0.5, 0.6) is 0 Å². The molecule has 5 nitrogen and oxygen atoms in total. The van der Waals surface area contributed by atoms with E-state index in [0.717, 1.165) is 22.5 Å². The number of aromatic nitrogens is 2. The van der Waals surface area contributed by atoms with E-state index in [9.17, 15) is 4.79 Å². The zero-order chi connectivity index (χ0) is 16.9. The minimum Gasteiger partial charge on any atom is -0.468 e. The van der Waals surface area contributed by atoms with E-state index in [4.69, 9.17) is 15.6 Å². The summed E-state index contributed by atoms with van der Waals surface area (Å²) in [5, 5.41) is 4.70. The number of hydrogen-bond donors (Lipinski definition) is 1. The van der Waals surface area contributed by atoms with Crippen molar-refractivity contribution in [1.29, 1.82) is 0 Å². The van der Waals surface area contributed by atoms with Gasteiger partial charge in [0.15, 0.2) is 0 Å². The lowest BCUT2D eigenvalue weighted by molar-refractivity contribution is -0.142. The molecule has 0 amide bonds. The fraction of sp³-hybridized carbons (Fsp3) is 0.158. The molecule has 0 aliphatic carbocycles. The zero-order valence-electron chi connectivity index (χ0n) is 13.4. The molecule has 0 radical (unpaired) electrons. The van der Waals surface area contributed by atoms with Crippen molar-refractivity contribution in [3.63, 3.8) is 0 Å². The van der Waals surface area contributed by atoms with Gasteiger partial charge in [-0.1, -0.05) is 48.5 Å². The molecule has 5 heteroatoms. The Hall–Kier alpha value is -2.92. The highest BCUT2D eigenvalue weighted by atomic mass is 16.5. The fourth-order valence-electron chi connectivity index (χ4n) is 2.58. The Labute approximate surface area is 140 Å². The maximum atomic E-state index is 11.7. The second-order valence-corrected chi connectivity index (χ2v) is 5.48. The Morgan fingerprint density at radius 3 is 2.38 bits per heavy atom. The van der Waals surface area contributed by atoms with E-state index in [-0.39, 0.29) is 0 Å². The van der Waals surface area contributed by atoms with Gasteiger partial charge in [0.2, 0.25) is 0 Å². The quantitative estimate of drug-likeness (QED) is 0.733. The highest BCUT2D eigenvalue weighted by Gasteiger charge is 2.19. The normalized spacial score (nSPS) is 11.9. The average molecular weight is 321 g/mol. The van der Waals surface area contributed by atoms with Crippen LogP contribution in [0.1, 0.15) is 5.56 Å². The van der Waals surface area contributed by atoms with E-state index in [2.05, 4.69) is 0 Å². The average Bonchev–Trinajstić information content (AvgIpc) is 3.06. The first-order valence-corrected chi connectivity index (χ1v) is 7.72. The van der Waals surface area contributed by atoms with Gasteiger partial charge in [0.05, 0.1) is 18.5 Å². The topological polar surface area (TPSA) is 70.1 Å². The van der Waals surface area contributed by atoms with Gasteiger partial charge in [-0.3, -0.25) is 4.79 Å². The Balaban J connectivity index is 2.02. The molecular weight excluding hydrogens is 302 g/mol. The van der Waals surface area contributed by atoms with Crippen molar-refractivity contribution < 1.29 is 9.53 Å². The highest BCUT2D eigenvalue weighted by Crippen LogP contribution is 2.24. The van der Waals surface area contributed by atoms with E-state index in [1.807, 2.05) is 71.5 Å². The van der Waals surface area contributed by atoms with Crippen LogP contribution in [0.15, 0.2) is 66.9 Å². The van der Waals surface area contributed by atoms with Gasteiger partial charge in [-0.25, -0.2) is 4.68 Å². The molecular formula is C19H19N3O2. The van der Waals surface area contributed by atoms with Gasteiger partial charge in [0.25, 0.3) is 0 Å². The number of ether oxygens (including phenoxy) is 1. The second-order valence-electron chi connectivity index (χ2n) is 5.48. The third kappa shape index (κ3) is 3.36. The standard InChI is InChI=1S/C19H19N3O2/c1-24-19(23)17(20)12-15-13-22(16-10-6-3-7-11-16)21-18(15)14-8-4-2-5-9-14/h2-11,13,17H,12,20H2,1H3. The molecule has 2 N–H and O–H groups in total. The third-order valence-electron chi connectivity index (χ3n) is 3.80. The Bertz CT molecular complexity index is 813. The summed E-state index contributed by atoms with van der Waals surface area (Å²) in [6, 6.07) is 19.0. The molecule has 0 spiro atoms. The van der Waals surface area contributed by atoms with E-state index >= 15 is 0 Å². The molecule has 3 aromatic rings. The number of carbonyl (C=O) groups excluding carboxylic acids is 1. The molecule has 0 saturated carbocycles. The monoisotopic (exact) mass is 321 g/mol. The lowest BCUT2D eigenvalue weighted by Crippen LogP contribution is -2.33. The first kappa shape index (κ1) is 16.0. The van der Waals surface area contributed by atoms with E-state index in [0.29, 0.717) is 6.42 Å². The van der Waals surface area contributed by atoms with Crippen molar-refractivity contribution in [3.8, 4) is 16.9 Å². The molecule has 1 aromatic heterocycles. The van der Waals surface area contributed by atoms with Crippen LogP contribution >= 0.6 is 0 Å². The lowest BCUT2D eigenvalue weighted by atomic mass is 10.0. The van der Waals surface area contributed by atoms with Crippen molar-refractivity contribution in [2.75, 3.05) is 7.11 Å². The Morgan fingerprint density at radius 2 is 1.75 bits per heavy atom. The molecule has 2 aromatic carbocycles. The van der Waals surface area contributed by atoms with Gasteiger partial charge in [-0.05, 0) is 12.1 Å². The van der Waals surface area contributed by atoms with Crippen molar-refractivity contribution in [3.05, 3.63) is 72.4 Å². The van der Waals surface area contributed by atoms with Crippen molar-refractivity contribution in [2.24, 2.45) is 5.73 Å². The number of rotatable bonds is 5. The summed E-state index contributed by atoms with van der Waals surface area (Å²) < 4.78 is 6.54. The van der Waals surface area contributed by atoms with Gasteiger partial charge in [-0.2, -0.15) is 5.10 Å². The summed E-state index contributed by atoms with van der Waals surface area (Å²) >= 11 is 0. The van der Waals surface area contributed by atoms with Crippen LogP contribution in [-0.2, 0) is 16.0 Å². The number of nitrogens with zero attached hydrogens (tertiary/aromatic N) is 2. The summed E-state index contributed by atoms with van der Waals surface area (Å²) in [5.74, 6) is -0.429. The minimum absolute atomic E-state index is 0.365. The second kappa shape index (κ2) is 7.10. The number of para-hydroxylation sites is 1. The smallest absolute Gasteiger partial charge is 0.322 e. The number of nitrogens with two attached hydrogens (primary N) is 1. The first-order chi connectivity index (χ1) is 11.7. The molecule has 0 aliphatic heterocycles. The molecule has 1 heterocycles. The third-order valence-corrected chi connectivity index (χ3v) is 3.80. The number of hydrogen-bond acceptors (Lipinski definition) is 4. The van der Waals surface area contributed by atoms with Crippen LogP contribution in [0.2, 0.25) is 0 Å². The predicted octanol–water partition coefficient (Wildman–Crippen LogP) is 2.58. The molecule has 122 valence electrons. The fourth-order valence-corrected chi connectivity index (χ4v) is 2.58. The predicted molar refractivity (Wildman–Crippen MR) is 92.7 cm³/mol. The largest absolute Gasteiger partial charge is 0.468 e. The van der Waals surface area contributed by atoms with Crippen LogP contribution in [-0.4, -0.2) is 28.9 Å². The summed E-state index contributed by atoms with van der Waals surface area (Å²) in [6.45, 7) is 0. The lowest BCUT2D eigenvalue weighted by Gasteiger charge is -2.08. The van der Waals surface area contributed by atoms with Crippen LogP contribution in [0.3, 0.4) is 0 Å². The Kier molecular flexibility index (Phi) is 4.72.